The summed E-state index contributed by atoms with van der Waals surface area (Å²) in [6.07, 6.45) is 0. The van der Waals surface area contributed by atoms with Crippen LogP contribution in [0.15, 0.2) is 180 Å². The maximum atomic E-state index is 6.53. The van der Waals surface area contributed by atoms with Crippen molar-refractivity contribution >= 4 is 67.4 Å². The molecule has 9 rings (SSSR count). The van der Waals surface area contributed by atoms with Gasteiger partial charge in [0.1, 0.15) is 11.2 Å². The fraction of sp³-hybridized carbons (Fsp3) is 0.125. The second-order valence-corrected chi connectivity index (χ2v) is 19.4. The van der Waals surface area contributed by atoms with Gasteiger partial charge in [-0.25, -0.2) is 0 Å². The third-order valence-corrected chi connectivity index (χ3v) is 18.2. The molecule has 0 N–H and O–H groups in total. The van der Waals surface area contributed by atoms with Gasteiger partial charge in [0, 0.05) is 27.2 Å². The van der Waals surface area contributed by atoms with E-state index in [1.807, 2.05) is 0 Å². The van der Waals surface area contributed by atoms with E-state index in [1.165, 1.54) is 42.9 Å². The number of fused-ring (bicyclic) bond motifs is 6. The van der Waals surface area contributed by atoms with Gasteiger partial charge in [-0.05, 0) is 74.0 Å². The molecule has 0 aliphatic carbocycles. The molecule has 51 heavy (non-hydrogen) atoms. The number of rotatable bonds is 7. The molecule has 2 aromatic heterocycles. The highest BCUT2D eigenvalue weighted by molar-refractivity contribution is 7.13. The highest BCUT2D eigenvalue weighted by atomic mass is 28.3. The molecule has 248 valence electrons. The van der Waals surface area contributed by atoms with Crippen molar-refractivity contribution in [2.75, 3.05) is 0 Å². The summed E-state index contributed by atoms with van der Waals surface area (Å²) >= 11 is 0. The Morgan fingerprint density at radius 1 is 0.431 bits per heavy atom. The minimum atomic E-state index is -2.70. The van der Waals surface area contributed by atoms with Gasteiger partial charge in [0.15, 0.2) is 8.07 Å². The molecule has 0 bridgehead atoms. The first kappa shape index (κ1) is 31.3. The number of hydrogen-bond donors (Lipinski definition) is 0. The standard InChI is InChI=1S/C48H41NOSi/c1-47(2,48(3,4)51(36-18-8-5-9-19-36,37-20-10-6-11-21-37)38-22-12-7-13-23-38)34-28-30-45-41(32-34)42-33-35(29-31-46(42)50-45)49-43-26-16-14-24-39(43)40-25-15-17-27-44(40)49/h5-33H,1-4H3. The number of hydrogen-bond acceptors (Lipinski definition) is 1. The fourth-order valence-electron chi connectivity index (χ4n) is 8.97. The van der Waals surface area contributed by atoms with Crippen molar-refractivity contribution in [1.29, 1.82) is 0 Å². The number of benzene rings is 7. The Morgan fingerprint density at radius 3 is 1.37 bits per heavy atom. The van der Waals surface area contributed by atoms with E-state index in [2.05, 4.69) is 208 Å². The van der Waals surface area contributed by atoms with Crippen LogP contribution in [0, 0.1) is 0 Å². The van der Waals surface area contributed by atoms with Gasteiger partial charge in [-0.3, -0.25) is 0 Å². The van der Waals surface area contributed by atoms with Crippen LogP contribution in [-0.4, -0.2) is 12.6 Å². The molecule has 0 unspecified atom stereocenters. The van der Waals surface area contributed by atoms with Crippen LogP contribution in [-0.2, 0) is 5.41 Å². The van der Waals surface area contributed by atoms with Crippen molar-refractivity contribution in [3.8, 4) is 5.69 Å². The van der Waals surface area contributed by atoms with E-state index in [9.17, 15) is 0 Å². The van der Waals surface area contributed by atoms with E-state index in [1.54, 1.807) is 0 Å². The zero-order valence-electron chi connectivity index (χ0n) is 29.6. The minimum absolute atomic E-state index is 0.189. The topological polar surface area (TPSA) is 18.1 Å². The number of aromatic nitrogens is 1. The van der Waals surface area contributed by atoms with Crippen LogP contribution in [0.25, 0.3) is 49.4 Å². The molecule has 0 amide bonds. The number of para-hydroxylation sites is 2. The molecular weight excluding hydrogens is 635 g/mol. The quantitative estimate of drug-likeness (QED) is 0.121. The van der Waals surface area contributed by atoms with Gasteiger partial charge in [-0.1, -0.05) is 161 Å². The van der Waals surface area contributed by atoms with E-state index < -0.39 is 8.07 Å². The Bertz CT molecular complexity index is 2530. The lowest BCUT2D eigenvalue weighted by Crippen LogP contribution is -2.75. The molecule has 0 atom stereocenters. The average Bonchev–Trinajstić information content (AvgIpc) is 3.71. The molecule has 0 saturated carbocycles. The smallest absolute Gasteiger partial charge is 0.154 e. The summed E-state index contributed by atoms with van der Waals surface area (Å²) in [5, 5.41) is 8.89. The van der Waals surface area contributed by atoms with Crippen LogP contribution >= 0.6 is 0 Å². The molecule has 3 heteroatoms. The van der Waals surface area contributed by atoms with E-state index in [4.69, 9.17) is 4.42 Å². The van der Waals surface area contributed by atoms with Crippen LogP contribution in [0.1, 0.15) is 33.3 Å². The van der Waals surface area contributed by atoms with Gasteiger partial charge < -0.3 is 8.98 Å². The summed E-state index contributed by atoms with van der Waals surface area (Å²) < 4.78 is 8.92. The maximum absolute atomic E-state index is 6.53. The first-order chi connectivity index (χ1) is 24.8. The number of nitrogens with zero attached hydrogens (tertiary/aromatic N) is 1. The van der Waals surface area contributed by atoms with E-state index in [-0.39, 0.29) is 10.5 Å². The van der Waals surface area contributed by atoms with Crippen molar-refractivity contribution in [1.82, 2.24) is 4.57 Å². The van der Waals surface area contributed by atoms with Gasteiger partial charge >= 0.3 is 0 Å². The Hall–Kier alpha value is -5.64. The van der Waals surface area contributed by atoms with Crippen molar-refractivity contribution in [2.24, 2.45) is 0 Å². The summed E-state index contributed by atoms with van der Waals surface area (Å²) in [6, 6.07) is 64.9. The van der Waals surface area contributed by atoms with Crippen molar-refractivity contribution < 1.29 is 4.42 Å². The fourth-order valence-corrected chi connectivity index (χ4v) is 15.3. The van der Waals surface area contributed by atoms with Gasteiger partial charge in [-0.15, -0.1) is 0 Å². The summed E-state index contributed by atoms with van der Waals surface area (Å²) in [6.45, 7) is 9.95. The molecular formula is C48H41NOSi. The first-order valence-corrected chi connectivity index (χ1v) is 19.9. The number of furan rings is 1. The largest absolute Gasteiger partial charge is 0.456 e. The van der Waals surface area contributed by atoms with Crippen molar-refractivity contribution in [2.45, 2.75) is 38.1 Å². The molecule has 0 radical (unpaired) electrons. The predicted octanol–water partition coefficient (Wildman–Crippen LogP) is 10.9. The van der Waals surface area contributed by atoms with E-state index in [0.29, 0.717) is 0 Å². The van der Waals surface area contributed by atoms with Gasteiger partial charge in [0.05, 0.1) is 11.0 Å². The third-order valence-electron chi connectivity index (χ3n) is 12.1. The molecule has 0 aliphatic rings. The Morgan fingerprint density at radius 2 is 0.863 bits per heavy atom. The molecule has 0 spiro atoms. The van der Waals surface area contributed by atoms with Crippen LogP contribution in [0.2, 0.25) is 5.04 Å². The van der Waals surface area contributed by atoms with Gasteiger partial charge in [0.25, 0.3) is 0 Å². The van der Waals surface area contributed by atoms with E-state index >= 15 is 0 Å². The van der Waals surface area contributed by atoms with Gasteiger partial charge in [-0.2, -0.15) is 0 Å². The highest BCUT2D eigenvalue weighted by Crippen LogP contribution is 2.54. The van der Waals surface area contributed by atoms with E-state index in [0.717, 1.165) is 27.6 Å². The summed E-state index contributed by atoms with van der Waals surface area (Å²) in [5.41, 5.74) is 6.44. The monoisotopic (exact) mass is 675 g/mol. The second-order valence-electron chi connectivity index (χ2n) is 15.0. The Kier molecular flexibility index (Phi) is 7.20. The molecule has 2 heterocycles. The normalized spacial score (nSPS) is 12.7. The Labute approximate surface area is 300 Å². The van der Waals surface area contributed by atoms with Crippen LogP contribution < -0.4 is 15.6 Å². The molecule has 0 aliphatic heterocycles. The maximum Gasteiger partial charge on any atom is 0.154 e. The first-order valence-electron chi connectivity index (χ1n) is 17.9. The lowest BCUT2D eigenvalue weighted by Gasteiger charge is -2.55. The lowest BCUT2D eigenvalue weighted by atomic mass is 9.74. The zero-order chi connectivity index (χ0) is 34.8. The minimum Gasteiger partial charge on any atom is -0.456 e. The van der Waals surface area contributed by atoms with Crippen LogP contribution in [0.5, 0.6) is 0 Å². The summed E-state index contributed by atoms with van der Waals surface area (Å²) in [4.78, 5) is 0. The van der Waals surface area contributed by atoms with Crippen molar-refractivity contribution in [3.05, 3.63) is 181 Å². The SMILES string of the molecule is CC(C)(c1ccc2oc3ccc(-n4c5ccccc5c5ccccc54)cc3c2c1)C(C)(C)[Si](c1ccccc1)(c1ccccc1)c1ccccc1. The third kappa shape index (κ3) is 4.54. The molecule has 0 saturated heterocycles. The summed E-state index contributed by atoms with van der Waals surface area (Å²) in [7, 11) is -2.70. The molecule has 2 nitrogen and oxygen atoms in total. The van der Waals surface area contributed by atoms with Gasteiger partial charge in [0.2, 0.25) is 0 Å². The zero-order valence-corrected chi connectivity index (χ0v) is 30.6. The molecule has 0 fully saturated rings. The molecule has 7 aromatic carbocycles. The predicted molar refractivity (Wildman–Crippen MR) is 219 cm³/mol. The highest BCUT2D eigenvalue weighted by Gasteiger charge is 2.58. The average molecular weight is 676 g/mol. The van der Waals surface area contributed by atoms with Crippen LogP contribution in [0.4, 0.5) is 0 Å². The lowest BCUT2D eigenvalue weighted by molar-refractivity contribution is 0.382. The second kappa shape index (κ2) is 11.7. The molecule has 9 aromatic rings. The van der Waals surface area contributed by atoms with Crippen LogP contribution in [0.3, 0.4) is 0 Å². The Balaban J connectivity index is 1.26. The van der Waals surface area contributed by atoms with Crippen molar-refractivity contribution in [3.63, 3.8) is 0 Å². The summed E-state index contributed by atoms with van der Waals surface area (Å²) in [5.74, 6) is 0.